The molecule has 2 heterocycles. The van der Waals surface area contributed by atoms with E-state index in [1.807, 2.05) is 10.3 Å². The summed E-state index contributed by atoms with van der Waals surface area (Å²) < 4.78 is 0. The van der Waals surface area contributed by atoms with Gasteiger partial charge in [0.25, 0.3) is 0 Å². The zero-order valence-electron chi connectivity index (χ0n) is 10.2. The van der Waals surface area contributed by atoms with E-state index < -0.39 is 5.97 Å². The van der Waals surface area contributed by atoms with Gasteiger partial charge in [0.05, 0.1) is 10.7 Å². The molecule has 4 nitrogen and oxygen atoms in total. The Kier molecular flexibility index (Phi) is 3.79. The van der Waals surface area contributed by atoms with Crippen molar-refractivity contribution in [2.75, 3.05) is 6.54 Å². The van der Waals surface area contributed by atoms with E-state index >= 15 is 0 Å². The number of thiazole rings is 1. The third-order valence-electron chi connectivity index (χ3n) is 3.08. The molecule has 2 rings (SSSR count). The SMILES string of the molecule is CC(C)c1nc(CN2CCCC2C(=O)O)cs1. The summed E-state index contributed by atoms with van der Waals surface area (Å²) in [7, 11) is 0. The van der Waals surface area contributed by atoms with Crippen molar-refractivity contribution in [3.8, 4) is 0 Å². The van der Waals surface area contributed by atoms with Crippen LogP contribution >= 0.6 is 11.3 Å². The van der Waals surface area contributed by atoms with E-state index in [-0.39, 0.29) is 6.04 Å². The highest BCUT2D eigenvalue weighted by Crippen LogP contribution is 2.23. The van der Waals surface area contributed by atoms with E-state index in [0.29, 0.717) is 12.5 Å². The molecule has 17 heavy (non-hydrogen) atoms. The minimum atomic E-state index is -0.707. The quantitative estimate of drug-likeness (QED) is 0.896. The fraction of sp³-hybridized carbons (Fsp3) is 0.667. The van der Waals surface area contributed by atoms with Crippen LogP contribution in [0.3, 0.4) is 0 Å². The monoisotopic (exact) mass is 254 g/mol. The molecule has 0 aromatic carbocycles. The topological polar surface area (TPSA) is 53.4 Å². The van der Waals surface area contributed by atoms with Crippen LogP contribution < -0.4 is 0 Å². The van der Waals surface area contributed by atoms with E-state index in [9.17, 15) is 4.79 Å². The van der Waals surface area contributed by atoms with E-state index in [4.69, 9.17) is 5.11 Å². The number of hydrogen-bond donors (Lipinski definition) is 1. The predicted molar refractivity (Wildman–Crippen MR) is 67.3 cm³/mol. The minimum absolute atomic E-state index is 0.320. The fourth-order valence-electron chi connectivity index (χ4n) is 2.16. The van der Waals surface area contributed by atoms with Crippen LogP contribution in [-0.4, -0.2) is 33.5 Å². The van der Waals surface area contributed by atoms with Gasteiger partial charge in [-0.15, -0.1) is 11.3 Å². The third kappa shape index (κ3) is 2.84. The fourth-order valence-corrected chi connectivity index (χ4v) is 2.99. The van der Waals surface area contributed by atoms with Gasteiger partial charge in [-0.2, -0.15) is 0 Å². The molecule has 1 unspecified atom stereocenters. The second-order valence-electron chi connectivity index (χ2n) is 4.80. The molecule has 1 aromatic rings. The van der Waals surface area contributed by atoms with Crippen molar-refractivity contribution in [1.82, 2.24) is 9.88 Å². The van der Waals surface area contributed by atoms with Crippen LogP contribution in [0.4, 0.5) is 0 Å². The van der Waals surface area contributed by atoms with Crippen LogP contribution in [0, 0.1) is 0 Å². The molecule has 0 radical (unpaired) electrons. The number of carboxylic acid groups (broad SMARTS) is 1. The molecule has 1 saturated heterocycles. The van der Waals surface area contributed by atoms with Gasteiger partial charge in [-0.05, 0) is 19.4 Å². The van der Waals surface area contributed by atoms with E-state index in [1.165, 1.54) is 0 Å². The van der Waals surface area contributed by atoms with Gasteiger partial charge in [-0.3, -0.25) is 9.69 Å². The van der Waals surface area contributed by atoms with Crippen molar-refractivity contribution in [3.63, 3.8) is 0 Å². The number of aliphatic carboxylic acids is 1. The molecule has 1 aromatic heterocycles. The van der Waals surface area contributed by atoms with Gasteiger partial charge in [0.2, 0.25) is 0 Å². The molecular weight excluding hydrogens is 236 g/mol. The molecule has 0 aliphatic carbocycles. The number of carbonyl (C=O) groups is 1. The first-order valence-electron chi connectivity index (χ1n) is 5.99. The number of carboxylic acids is 1. The van der Waals surface area contributed by atoms with Crippen LogP contribution in [-0.2, 0) is 11.3 Å². The number of hydrogen-bond acceptors (Lipinski definition) is 4. The van der Waals surface area contributed by atoms with Crippen molar-refractivity contribution in [1.29, 1.82) is 0 Å². The average Bonchev–Trinajstić information content (AvgIpc) is 2.86. The average molecular weight is 254 g/mol. The third-order valence-corrected chi connectivity index (χ3v) is 4.27. The van der Waals surface area contributed by atoms with Gasteiger partial charge in [-0.1, -0.05) is 13.8 Å². The maximum Gasteiger partial charge on any atom is 0.320 e. The Labute approximate surface area is 105 Å². The van der Waals surface area contributed by atoms with Gasteiger partial charge in [0, 0.05) is 17.8 Å². The highest BCUT2D eigenvalue weighted by atomic mass is 32.1. The molecule has 94 valence electrons. The Morgan fingerprint density at radius 3 is 3.06 bits per heavy atom. The largest absolute Gasteiger partial charge is 0.480 e. The van der Waals surface area contributed by atoms with Crippen LogP contribution in [0.2, 0.25) is 0 Å². The Morgan fingerprint density at radius 2 is 2.47 bits per heavy atom. The zero-order valence-corrected chi connectivity index (χ0v) is 11.0. The summed E-state index contributed by atoms with van der Waals surface area (Å²) in [5, 5.41) is 12.3. The lowest BCUT2D eigenvalue weighted by Crippen LogP contribution is -2.35. The van der Waals surface area contributed by atoms with Crippen molar-refractivity contribution >= 4 is 17.3 Å². The number of nitrogens with zero attached hydrogens (tertiary/aromatic N) is 2. The first-order valence-corrected chi connectivity index (χ1v) is 6.87. The minimum Gasteiger partial charge on any atom is -0.480 e. The van der Waals surface area contributed by atoms with Crippen LogP contribution in [0.25, 0.3) is 0 Å². The summed E-state index contributed by atoms with van der Waals surface area (Å²) in [6.45, 7) is 5.78. The van der Waals surface area contributed by atoms with Crippen LogP contribution in [0.15, 0.2) is 5.38 Å². The summed E-state index contributed by atoms with van der Waals surface area (Å²) >= 11 is 1.67. The van der Waals surface area contributed by atoms with Crippen molar-refractivity contribution in [2.45, 2.75) is 45.2 Å². The molecule has 1 fully saturated rings. The van der Waals surface area contributed by atoms with Crippen molar-refractivity contribution in [3.05, 3.63) is 16.1 Å². The van der Waals surface area contributed by atoms with E-state index in [2.05, 4.69) is 18.8 Å². The highest BCUT2D eigenvalue weighted by molar-refractivity contribution is 7.09. The highest BCUT2D eigenvalue weighted by Gasteiger charge is 2.30. The molecule has 0 saturated carbocycles. The maximum absolute atomic E-state index is 11.1. The summed E-state index contributed by atoms with van der Waals surface area (Å²) in [5.74, 6) is -0.260. The second-order valence-corrected chi connectivity index (χ2v) is 5.69. The van der Waals surface area contributed by atoms with Gasteiger partial charge < -0.3 is 5.11 Å². The zero-order chi connectivity index (χ0) is 12.4. The first-order chi connectivity index (χ1) is 8.08. The van der Waals surface area contributed by atoms with Crippen molar-refractivity contribution < 1.29 is 9.90 Å². The molecule has 5 heteroatoms. The lowest BCUT2D eigenvalue weighted by atomic mass is 10.2. The predicted octanol–water partition coefficient (Wildman–Crippen LogP) is 2.32. The van der Waals surface area contributed by atoms with Crippen LogP contribution in [0.5, 0.6) is 0 Å². The number of likely N-dealkylation sites (tertiary alicyclic amines) is 1. The molecular formula is C12H18N2O2S. The van der Waals surface area contributed by atoms with Gasteiger partial charge in [-0.25, -0.2) is 4.98 Å². The Bertz CT molecular complexity index is 403. The molecule has 1 N–H and O–H groups in total. The summed E-state index contributed by atoms with van der Waals surface area (Å²) in [6, 6.07) is -0.320. The number of aromatic nitrogens is 1. The summed E-state index contributed by atoms with van der Waals surface area (Å²) in [5.41, 5.74) is 1.01. The molecule has 0 amide bonds. The van der Waals surface area contributed by atoms with E-state index in [1.54, 1.807) is 11.3 Å². The molecule has 1 aliphatic rings. The molecule has 1 aliphatic heterocycles. The van der Waals surface area contributed by atoms with Gasteiger partial charge in [0.1, 0.15) is 6.04 Å². The maximum atomic E-state index is 11.1. The normalized spacial score (nSPS) is 21.2. The number of rotatable bonds is 4. The Hall–Kier alpha value is -0.940. The Balaban J connectivity index is 2.02. The lowest BCUT2D eigenvalue weighted by Gasteiger charge is -2.19. The smallest absolute Gasteiger partial charge is 0.320 e. The molecule has 1 atom stereocenters. The molecule has 0 spiro atoms. The van der Waals surface area contributed by atoms with E-state index in [0.717, 1.165) is 30.1 Å². The van der Waals surface area contributed by atoms with Gasteiger partial charge >= 0.3 is 5.97 Å². The lowest BCUT2D eigenvalue weighted by molar-refractivity contribution is -0.142. The standard InChI is InChI=1S/C12H18N2O2S/c1-8(2)11-13-9(7-17-11)6-14-5-3-4-10(14)12(15)16/h7-8,10H,3-6H2,1-2H3,(H,15,16). The summed E-state index contributed by atoms with van der Waals surface area (Å²) in [6.07, 6.45) is 1.73. The Morgan fingerprint density at radius 1 is 1.71 bits per heavy atom. The van der Waals surface area contributed by atoms with Crippen LogP contribution in [0.1, 0.15) is 43.3 Å². The van der Waals surface area contributed by atoms with Gasteiger partial charge in [0.15, 0.2) is 0 Å². The molecule has 0 bridgehead atoms. The summed E-state index contributed by atoms with van der Waals surface area (Å²) in [4.78, 5) is 17.6. The van der Waals surface area contributed by atoms with Crippen molar-refractivity contribution in [2.24, 2.45) is 0 Å². The second kappa shape index (κ2) is 5.14. The first kappa shape index (κ1) is 12.5.